The number of benzene rings is 2. The summed E-state index contributed by atoms with van der Waals surface area (Å²) in [4.78, 5) is 23.2. The number of anilines is 1. The molecule has 0 heterocycles. The highest BCUT2D eigenvalue weighted by Gasteiger charge is 2.11. The lowest BCUT2D eigenvalue weighted by Crippen LogP contribution is -2.12. The fourth-order valence-corrected chi connectivity index (χ4v) is 1.78. The number of halogens is 1. The minimum Gasteiger partial charge on any atom is -0.477 e. The van der Waals surface area contributed by atoms with Crippen LogP contribution in [0.2, 0.25) is 5.02 Å². The SMILES string of the molecule is O=C(O)/C(=C\C(=O)c1ccccc1)Nc1ccc(Cl)cc1. The van der Waals surface area contributed by atoms with E-state index in [9.17, 15) is 14.7 Å². The fraction of sp³-hybridized carbons (Fsp3) is 0. The molecule has 0 spiro atoms. The highest BCUT2D eigenvalue weighted by atomic mass is 35.5. The summed E-state index contributed by atoms with van der Waals surface area (Å²) in [7, 11) is 0. The van der Waals surface area contributed by atoms with Crippen LogP contribution in [0.3, 0.4) is 0 Å². The number of aliphatic carboxylic acids is 1. The molecule has 2 aromatic carbocycles. The highest BCUT2D eigenvalue weighted by molar-refractivity contribution is 6.30. The quantitative estimate of drug-likeness (QED) is 0.654. The number of carbonyl (C=O) groups excluding carboxylic acids is 1. The summed E-state index contributed by atoms with van der Waals surface area (Å²) in [5.41, 5.74) is 0.759. The van der Waals surface area contributed by atoms with Crippen molar-refractivity contribution in [2.24, 2.45) is 0 Å². The predicted octanol–water partition coefficient (Wildman–Crippen LogP) is 3.60. The Labute approximate surface area is 126 Å². The van der Waals surface area contributed by atoms with E-state index in [0.29, 0.717) is 16.3 Å². The zero-order valence-electron chi connectivity index (χ0n) is 10.9. The predicted molar refractivity (Wildman–Crippen MR) is 81.6 cm³/mol. The molecule has 4 nitrogen and oxygen atoms in total. The Bertz CT molecular complexity index is 678. The molecule has 0 saturated heterocycles. The first-order chi connectivity index (χ1) is 10.1. The summed E-state index contributed by atoms with van der Waals surface area (Å²) >= 11 is 5.76. The molecule has 0 saturated carbocycles. The number of carboxylic acids is 1. The normalized spacial score (nSPS) is 11.0. The van der Waals surface area contributed by atoms with E-state index in [4.69, 9.17) is 11.6 Å². The van der Waals surface area contributed by atoms with Crippen molar-refractivity contribution >= 4 is 29.0 Å². The molecule has 2 aromatic rings. The summed E-state index contributed by atoms with van der Waals surface area (Å²) in [5.74, 6) is -1.59. The van der Waals surface area contributed by atoms with Gasteiger partial charge in [-0.05, 0) is 24.3 Å². The molecule has 0 aromatic heterocycles. The molecule has 0 radical (unpaired) electrons. The van der Waals surface area contributed by atoms with Crippen molar-refractivity contribution in [1.29, 1.82) is 0 Å². The molecule has 0 atom stereocenters. The van der Waals surface area contributed by atoms with Gasteiger partial charge in [0.15, 0.2) is 5.78 Å². The van der Waals surface area contributed by atoms with E-state index in [-0.39, 0.29) is 11.5 Å². The van der Waals surface area contributed by atoms with Crippen LogP contribution >= 0.6 is 11.6 Å². The van der Waals surface area contributed by atoms with Crippen molar-refractivity contribution in [3.8, 4) is 0 Å². The van der Waals surface area contributed by atoms with Crippen LogP contribution in [0.15, 0.2) is 66.4 Å². The van der Waals surface area contributed by atoms with Gasteiger partial charge in [0, 0.05) is 22.3 Å². The maximum atomic E-state index is 12.0. The van der Waals surface area contributed by atoms with E-state index in [1.807, 2.05) is 0 Å². The van der Waals surface area contributed by atoms with Gasteiger partial charge in [0.25, 0.3) is 0 Å². The number of nitrogens with one attached hydrogen (secondary N) is 1. The second-order valence-corrected chi connectivity index (χ2v) is 4.66. The van der Waals surface area contributed by atoms with Crippen LogP contribution in [0.25, 0.3) is 0 Å². The van der Waals surface area contributed by atoms with Gasteiger partial charge in [-0.1, -0.05) is 41.9 Å². The van der Waals surface area contributed by atoms with E-state index in [0.717, 1.165) is 6.08 Å². The number of carboxylic acid groups (broad SMARTS) is 1. The molecule has 0 aliphatic carbocycles. The van der Waals surface area contributed by atoms with E-state index in [2.05, 4.69) is 5.32 Å². The molecule has 0 aliphatic heterocycles. The number of hydrogen-bond acceptors (Lipinski definition) is 3. The summed E-state index contributed by atoms with van der Waals surface area (Å²) in [5, 5.41) is 12.4. The Morgan fingerprint density at radius 1 is 1.00 bits per heavy atom. The first-order valence-electron chi connectivity index (χ1n) is 6.13. The summed E-state index contributed by atoms with van der Waals surface area (Å²) in [6.45, 7) is 0. The molecule has 2 rings (SSSR count). The molecular formula is C16H12ClNO3. The third-order valence-electron chi connectivity index (χ3n) is 2.69. The van der Waals surface area contributed by atoms with Crippen molar-refractivity contribution in [3.63, 3.8) is 0 Å². The first-order valence-corrected chi connectivity index (χ1v) is 6.51. The number of allylic oxidation sites excluding steroid dienone is 1. The van der Waals surface area contributed by atoms with E-state index in [1.165, 1.54) is 0 Å². The zero-order chi connectivity index (χ0) is 15.2. The van der Waals surface area contributed by atoms with Crippen LogP contribution < -0.4 is 5.32 Å². The number of ketones is 1. The molecule has 0 fully saturated rings. The molecule has 5 heteroatoms. The van der Waals surface area contributed by atoms with Crippen LogP contribution in [-0.2, 0) is 4.79 Å². The Morgan fingerprint density at radius 2 is 1.62 bits per heavy atom. The third kappa shape index (κ3) is 4.19. The van der Waals surface area contributed by atoms with Gasteiger partial charge in [0.2, 0.25) is 0 Å². The standard InChI is InChI=1S/C16H12ClNO3/c17-12-6-8-13(9-7-12)18-14(16(20)21)10-15(19)11-4-2-1-3-5-11/h1-10,18H,(H,20,21)/b14-10+. The van der Waals surface area contributed by atoms with Gasteiger partial charge >= 0.3 is 5.97 Å². The Morgan fingerprint density at radius 3 is 2.19 bits per heavy atom. The largest absolute Gasteiger partial charge is 0.477 e. The number of hydrogen-bond donors (Lipinski definition) is 2. The summed E-state index contributed by atoms with van der Waals surface area (Å²) in [6.07, 6.45) is 1.06. The molecule has 0 aliphatic rings. The summed E-state index contributed by atoms with van der Waals surface area (Å²) in [6, 6.07) is 15.0. The fourth-order valence-electron chi connectivity index (χ4n) is 1.66. The monoisotopic (exact) mass is 301 g/mol. The van der Waals surface area contributed by atoms with Gasteiger partial charge in [0.05, 0.1) is 0 Å². The Hall–Kier alpha value is -2.59. The van der Waals surface area contributed by atoms with E-state index in [1.54, 1.807) is 54.6 Å². The van der Waals surface area contributed by atoms with Crippen LogP contribution in [0.1, 0.15) is 10.4 Å². The van der Waals surface area contributed by atoms with Crippen LogP contribution in [-0.4, -0.2) is 16.9 Å². The van der Waals surface area contributed by atoms with Crippen molar-refractivity contribution in [3.05, 3.63) is 77.0 Å². The topological polar surface area (TPSA) is 66.4 Å². The maximum absolute atomic E-state index is 12.0. The van der Waals surface area contributed by atoms with Gasteiger partial charge < -0.3 is 10.4 Å². The minimum atomic E-state index is -1.21. The lowest BCUT2D eigenvalue weighted by molar-refractivity contribution is -0.132. The van der Waals surface area contributed by atoms with Gasteiger partial charge in [-0.15, -0.1) is 0 Å². The van der Waals surface area contributed by atoms with Gasteiger partial charge in [-0.25, -0.2) is 4.79 Å². The lowest BCUT2D eigenvalue weighted by atomic mass is 10.1. The molecule has 0 bridgehead atoms. The van der Waals surface area contributed by atoms with Gasteiger partial charge in [-0.2, -0.15) is 0 Å². The minimum absolute atomic E-state index is 0.203. The van der Waals surface area contributed by atoms with Crippen LogP contribution in [0.5, 0.6) is 0 Å². The maximum Gasteiger partial charge on any atom is 0.352 e. The Balaban J connectivity index is 2.22. The number of carbonyl (C=O) groups is 2. The summed E-state index contributed by atoms with van der Waals surface area (Å²) < 4.78 is 0. The smallest absolute Gasteiger partial charge is 0.352 e. The number of rotatable bonds is 5. The Kier molecular flexibility index (Phi) is 4.74. The van der Waals surface area contributed by atoms with Crippen molar-refractivity contribution in [2.75, 3.05) is 5.32 Å². The molecular weight excluding hydrogens is 290 g/mol. The highest BCUT2D eigenvalue weighted by Crippen LogP contribution is 2.15. The van der Waals surface area contributed by atoms with E-state index < -0.39 is 5.97 Å². The second-order valence-electron chi connectivity index (χ2n) is 4.23. The molecule has 106 valence electrons. The average molecular weight is 302 g/mol. The first kappa shape index (κ1) is 14.8. The van der Waals surface area contributed by atoms with Gasteiger partial charge in [-0.3, -0.25) is 4.79 Å². The van der Waals surface area contributed by atoms with Crippen LogP contribution in [0, 0.1) is 0 Å². The third-order valence-corrected chi connectivity index (χ3v) is 2.94. The second kappa shape index (κ2) is 6.72. The average Bonchev–Trinajstić information content (AvgIpc) is 2.49. The zero-order valence-corrected chi connectivity index (χ0v) is 11.7. The van der Waals surface area contributed by atoms with Crippen molar-refractivity contribution in [1.82, 2.24) is 0 Å². The molecule has 2 N–H and O–H groups in total. The molecule has 0 unspecified atom stereocenters. The molecule has 21 heavy (non-hydrogen) atoms. The van der Waals surface area contributed by atoms with Crippen molar-refractivity contribution in [2.45, 2.75) is 0 Å². The molecule has 0 amide bonds. The van der Waals surface area contributed by atoms with Gasteiger partial charge in [0.1, 0.15) is 5.70 Å². The van der Waals surface area contributed by atoms with Crippen LogP contribution in [0.4, 0.5) is 5.69 Å². The lowest BCUT2D eigenvalue weighted by Gasteiger charge is -2.07. The van der Waals surface area contributed by atoms with Crippen molar-refractivity contribution < 1.29 is 14.7 Å². The van der Waals surface area contributed by atoms with E-state index >= 15 is 0 Å².